The fourth-order valence-electron chi connectivity index (χ4n) is 2.64. The van der Waals surface area contributed by atoms with Crippen LogP contribution in [0.3, 0.4) is 0 Å². The van der Waals surface area contributed by atoms with E-state index in [9.17, 15) is 14.7 Å². The highest BCUT2D eigenvalue weighted by atomic mass is 16.3. The summed E-state index contributed by atoms with van der Waals surface area (Å²) in [6.45, 7) is 4.24. The predicted molar refractivity (Wildman–Crippen MR) is 76.3 cm³/mol. The minimum Gasteiger partial charge on any atom is -0.396 e. The van der Waals surface area contributed by atoms with Crippen LogP contribution >= 0.6 is 0 Å². The number of carbonyl (C=O) groups is 2. The van der Waals surface area contributed by atoms with Gasteiger partial charge in [-0.15, -0.1) is 0 Å². The van der Waals surface area contributed by atoms with E-state index in [1.165, 1.54) is 4.90 Å². The summed E-state index contributed by atoms with van der Waals surface area (Å²) in [7, 11) is 0. The Hall–Kier alpha value is -1.68. The molecule has 0 saturated heterocycles. The topological polar surface area (TPSA) is 57.6 Å². The number of fused-ring (bicyclic) bond motifs is 1. The summed E-state index contributed by atoms with van der Waals surface area (Å²) in [5.74, 6) is -0.412. The summed E-state index contributed by atoms with van der Waals surface area (Å²) in [5, 5.41) is 9.63. The van der Waals surface area contributed by atoms with Gasteiger partial charge in [-0.2, -0.15) is 0 Å². The molecular weight excluding hydrogens is 254 g/mol. The number of carbonyl (C=O) groups excluding carboxylic acids is 2. The average Bonchev–Trinajstić information content (AvgIpc) is 2.48. The normalized spacial score (nSPS) is 15.4. The third-order valence-corrected chi connectivity index (χ3v) is 4.46. The summed E-state index contributed by atoms with van der Waals surface area (Å²) in [6.07, 6.45) is 1.73. The van der Waals surface area contributed by atoms with E-state index < -0.39 is 5.41 Å². The molecule has 0 bridgehead atoms. The Morgan fingerprint density at radius 3 is 2.45 bits per heavy atom. The van der Waals surface area contributed by atoms with Crippen molar-refractivity contribution in [3.05, 3.63) is 35.4 Å². The number of hydrogen-bond donors (Lipinski definition) is 1. The van der Waals surface area contributed by atoms with Crippen molar-refractivity contribution >= 4 is 11.8 Å². The van der Waals surface area contributed by atoms with Gasteiger partial charge >= 0.3 is 0 Å². The van der Waals surface area contributed by atoms with Crippen molar-refractivity contribution < 1.29 is 14.7 Å². The third kappa shape index (κ3) is 2.48. The molecule has 1 heterocycles. The molecule has 0 aliphatic carbocycles. The highest BCUT2D eigenvalue weighted by Crippen LogP contribution is 2.30. The summed E-state index contributed by atoms with van der Waals surface area (Å²) >= 11 is 0. The van der Waals surface area contributed by atoms with Crippen LogP contribution < -0.4 is 0 Å². The molecule has 0 spiro atoms. The predicted octanol–water partition coefficient (Wildman–Crippen LogP) is 2.01. The van der Waals surface area contributed by atoms with Crippen LogP contribution in [0.5, 0.6) is 0 Å². The van der Waals surface area contributed by atoms with E-state index in [0.29, 0.717) is 12.1 Å². The van der Waals surface area contributed by atoms with E-state index in [4.69, 9.17) is 0 Å². The van der Waals surface area contributed by atoms with Crippen molar-refractivity contribution in [1.82, 2.24) is 4.90 Å². The molecule has 0 unspecified atom stereocenters. The van der Waals surface area contributed by atoms with Gasteiger partial charge in [-0.05, 0) is 24.5 Å². The lowest BCUT2D eigenvalue weighted by atomic mass is 9.82. The maximum atomic E-state index is 12.5. The van der Waals surface area contributed by atoms with Gasteiger partial charge in [-0.25, -0.2) is 0 Å². The van der Waals surface area contributed by atoms with Crippen molar-refractivity contribution in [3.63, 3.8) is 0 Å². The van der Waals surface area contributed by atoms with Gasteiger partial charge in [0, 0.05) is 17.5 Å². The molecule has 0 radical (unpaired) electrons. The van der Waals surface area contributed by atoms with Crippen LogP contribution in [0.15, 0.2) is 24.3 Å². The van der Waals surface area contributed by atoms with E-state index in [0.717, 1.165) is 18.4 Å². The van der Waals surface area contributed by atoms with Crippen molar-refractivity contribution in [1.29, 1.82) is 0 Å². The zero-order valence-corrected chi connectivity index (χ0v) is 12.1. The Morgan fingerprint density at radius 2 is 1.85 bits per heavy atom. The quantitative estimate of drug-likeness (QED) is 0.836. The van der Waals surface area contributed by atoms with Gasteiger partial charge < -0.3 is 5.11 Å². The molecule has 1 aromatic rings. The fourth-order valence-corrected chi connectivity index (χ4v) is 2.64. The van der Waals surface area contributed by atoms with Crippen molar-refractivity contribution in [2.24, 2.45) is 5.41 Å². The maximum Gasteiger partial charge on any atom is 0.260 e. The van der Waals surface area contributed by atoms with E-state index in [1.807, 2.05) is 32.0 Å². The first kappa shape index (κ1) is 14.7. The van der Waals surface area contributed by atoms with Crippen molar-refractivity contribution in [3.8, 4) is 0 Å². The van der Waals surface area contributed by atoms with Gasteiger partial charge in [-0.1, -0.05) is 32.0 Å². The van der Waals surface area contributed by atoms with Gasteiger partial charge in [0.25, 0.3) is 5.91 Å². The molecule has 4 nitrogen and oxygen atoms in total. The molecule has 108 valence electrons. The molecule has 1 aliphatic rings. The Balaban J connectivity index is 2.30. The second kappa shape index (κ2) is 5.75. The van der Waals surface area contributed by atoms with E-state index in [2.05, 4.69) is 0 Å². The minimum atomic E-state index is -0.391. The van der Waals surface area contributed by atoms with Crippen LogP contribution in [0, 0.1) is 5.41 Å². The zero-order chi connectivity index (χ0) is 14.8. The van der Waals surface area contributed by atoms with Crippen molar-refractivity contribution in [2.75, 3.05) is 13.2 Å². The molecule has 1 aliphatic heterocycles. The molecule has 2 amide bonds. The number of benzene rings is 1. The van der Waals surface area contributed by atoms with E-state index in [-0.39, 0.29) is 24.8 Å². The average molecular weight is 275 g/mol. The Labute approximate surface area is 119 Å². The highest BCUT2D eigenvalue weighted by Gasteiger charge is 2.37. The van der Waals surface area contributed by atoms with Crippen LogP contribution in [0.1, 0.15) is 42.6 Å². The first-order valence-corrected chi connectivity index (χ1v) is 7.10. The number of imide groups is 1. The molecule has 4 heteroatoms. The van der Waals surface area contributed by atoms with Crippen LogP contribution in [-0.2, 0) is 11.2 Å². The molecule has 20 heavy (non-hydrogen) atoms. The highest BCUT2D eigenvalue weighted by molar-refractivity contribution is 6.09. The second-order valence-corrected chi connectivity index (χ2v) is 5.48. The van der Waals surface area contributed by atoms with E-state index >= 15 is 0 Å². The van der Waals surface area contributed by atoms with Gasteiger partial charge in [0.1, 0.15) is 0 Å². The van der Waals surface area contributed by atoms with Gasteiger partial charge in [-0.3, -0.25) is 14.5 Å². The fraction of sp³-hybridized carbons (Fsp3) is 0.500. The monoisotopic (exact) mass is 275 g/mol. The second-order valence-electron chi connectivity index (χ2n) is 5.48. The molecule has 1 N–H and O–H groups in total. The Morgan fingerprint density at radius 1 is 1.20 bits per heavy atom. The number of aliphatic hydroxyl groups excluding tert-OH is 1. The van der Waals surface area contributed by atoms with Crippen LogP contribution in [0.4, 0.5) is 0 Å². The molecule has 0 fully saturated rings. The number of nitrogens with zero attached hydrogens (tertiary/aromatic N) is 1. The third-order valence-electron chi connectivity index (χ3n) is 4.46. The summed E-state index contributed by atoms with van der Waals surface area (Å²) in [5.41, 5.74) is 1.00. The number of hydrogen-bond acceptors (Lipinski definition) is 3. The Bertz CT molecular complexity index is 512. The molecule has 0 atom stereocenters. The van der Waals surface area contributed by atoms with Crippen LogP contribution in [0.25, 0.3) is 0 Å². The first-order chi connectivity index (χ1) is 9.56. The van der Waals surface area contributed by atoms with Gasteiger partial charge in [0.15, 0.2) is 0 Å². The summed E-state index contributed by atoms with van der Waals surface area (Å²) in [4.78, 5) is 26.0. The standard InChI is InChI=1S/C16H21NO3/c1-3-16(4-2,11-18)10-17-14(19)9-12-7-5-6-8-13(12)15(17)20/h5-8,18H,3-4,9-11H2,1-2H3. The molecular formula is C16H21NO3. The molecule has 0 saturated carbocycles. The molecule has 0 aromatic heterocycles. The lowest BCUT2D eigenvalue weighted by Gasteiger charge is -2.36. The van der Waals surface area contributed by atoms with Gasteiger partial charge in [0.05, 0.1) is 13.0 Å². The largest absolute Gasteiger partial charge is 0.396 e. The number of rotatable bonds is 5. The molecule has 1 aromatic carbocycles. The lowest BCUT2D eigenvalue weighted by Crippen LogP contribution is -2.49. The minimum absolute atomic E-state index is 0.0152. The summed E-state index contributed by atoms with van der Waals surface area (Å²) in [6, 6.07) is 7.23. The first-order valence-electron chi connectivity index (χ1n) is 7.10. The number of amides is 2. The SMILES string of the molecule is CCC(CC)(CO)CN1C(=O)Cc2ccccc2C1=O. The smallest absolute Gasteiger partial charge is 0.260 e. The zero-order valence-electron chi connectivity index (χ0n) is 12.1. The number of aliphatic hydroxyl groups is 1. The lowest BCUT2D eigenvalue weighted by molar-refractivity contribution is -0.130. The van der Waals surface area contributed by atoms with Crippen LogP contribution in [0.2, 0.25) is 0 Å². The van der Waals surface area contributed by atoms with E-state index in [1.54, 1.807) is 6.07 Å². The maximum absolute atomic E-state index is 12.5. The van der Waals surface area contributed by atoms with Crippen LogP contribution in [-0.4, -0.2) is 35.0 Å². The summed E-state index contributed by atoms with van der Waals surface area (Å²) < 4.78 is 0. The van der Waals surface area contributed by atoms with Gasteiger partial charge in [0.2, 0.25) is 5.91 Å². The van der Waals surface area contributed by atoms with Crippen molar-refractivity contribution in [2.45, 2.75) is 33.1 Å². The Kier molecular flexibility index (Phi) is 4.23. The molecule has 2 rings (SSSR count).